The molecule has 1 atom stereocenters. The molecule has 0 radical (unpaired) electrons. The lowest BCUT2D eigenvalue weighted by atomic mass is 10.0. The Morgan fingerprint density at radius 3 is 2.44 bits per heavy atom. The molecule has 0 saturated heterocycles. The second-order valence-electron chi connectivity index (χ2n) is 3.06. The average molecular weight is 298 g/mol. The van der Waals surface area contributed by atoms with Crippen LogP contribution >= 0.6 is 15.9 Å². The van der Waals surface area contributed by atoms with E-state index in [-0.39, 0.29) is 0 Å². The van der Waals surface area contributed by atoms with Gasteiger partial charge in [-0.05, 0) is 23.8 Å². The molecule has 3 N–H and O–H groups in total. The van der Waals surface area contributed by atoms with E-state index in [2.05, 4.69) is 15.9 Å². The van der Waals surface area contributed by atoms with Crippen molar-refractivity contribution in [1.29, 1.82) is 0 Å². The van der Waals surface area contributed by atoms with Gasteiger partial charge in [0.25, 0.3) is 0 Å². The van der Waals surface area contributed by atoms with Crippen molar-refractivity contribution in [3.05, 3.63) is 33.8 Å². The zero-order valence-corrected chi connectivity index (χ0v) is 9.34. The van der Waals surface area contributed by atoms with Crippen molar-refractivity contribution in [2.45, 2.75) is 12.2 Å². The van der Waals surface area contributed by atoms with Gasteiger partial charge in [-0.15, -0.1) is 0 Å². The Bertz CT molecular complexity index is 420. The van der Waals surface area contributed by atoms with Crippen molar-refractivity contribution < 1.29 is 23.1 Å². The first kappa shape index (κ1) is 13.0. The van der Waals surface area contributed by atoms with Crippen LogP contribution in [0.5, 0.6) is 0 Å². The minimum Gasteiger partial charge on any atom is -0.478 e. The third-order valence-corrected chi connectivity index (χ3v) is 2.42. The average Bonchev–Trinajstić information content (AvgIpc) is 2.14. The van der Waals surface area contributed by atoms with Gasteiger partial charge in [0.15, 0.2) is 0 Å². The number of aromatic carboxylic acids is 1. The number of hydrogen-bond donors (Lipinski definition) is 2. The molecule has 0 aromatic heterocycles. The number of carboxylic acids is 1. The zero-order valence-electron chi connectivity index (χ0n) is 7.75. The molecular formula is C9H7BrF3NO2. The van der Waals surface area contributed by atoms with E-state index in [4.69, 9.17) is 10.8 Å². The van der Waals surface area contributed by atoms with Crippen LogP contribution < -0.4 is 5.73 Å². The molecule has 0 bridgehead atoms. The van der Waals surface area contributed by atoms with E-state index >= 15 is 0 Å². The lowest BCUT2D eigenvalue weighted by Crippen LogP contribution is -2.30. The van der Waals surface area contributed by atoms with Crippen LogP contribution in [-0.4, -0.2) is 17.3 Å². The number of nitrogens with two attached hydrogens (primary N) is 1. The van der Waals surface area contributed by atoms with Gasteiger partial charge in [-0.2, -0.15) is 13.2 Å². The Hall–Kier alpha value is -1.08. The lowest BCUT2D eigenvalue weighted by Gasteiger charge is -2.18. The molecule has 0 heterocycles. The van der Waals surface area contributed by atoms with E-state index in [0.29, 0.717) is 4.47 Å². The molecule has 0 aliphatic carbocycles. The Morgan fingerprint density at radius 2 is 2.00 bits per heavy atom. The summed E-state index contributed by atoms with van der Waals surface area (Å²) in [5.74, 6) is -1.44. The summed E-state index contributed by atoms with van der Waals surface area (Å²) in [4.78, 5) is 10.7. The van der Waals surface area contributed by atoms with Gasteiger partial charge in [0, 0.05) is 4.47 Å². The molecule has 0 amide bonds. The highest BCUT2D eigenvalue weighted by Crippen LogP contribution is 2.33. The topological polar surface area (TPSA) is 63.3 Å². The number of halogens is 4. The van der Waals surface area contributed by atoms with Gasteiger partial charge in [0.1, 0.15) is 6.04 Å². The van der Waals surface area contributed by atoms with Crippen LogP contribution in [-0.2, 0) is 0 Å². The number of carbonyl (C=O) groups is 1. The molecule has 1 aromatic rings. The van der Waals surface area contributed by atoms with Gasteiger partial charge in [0.2, 0.25) is 0 Å². The van der Waals surface area contributed by atoms with E-state index in [0.717, 1.165) is 12.1 Å². The van der Waals surface area contributed by atoms with E-state index in [1.807, 2.05) is 0 Å². The highest BCUT2D eigenvalue weighted by atomic mass is 79.9. The summed E-state index contributed by atoms with van der Waals surface area (Å²) in [6.07, 6.45) is -4.68. The summed E-state index contributed by atoms with van der Waals surface area (Å²) in [5, 5.41) is 8.73. The minimum absolute atomic E-state index is 0.340. The predicted octanol–water partition coefficient (Wildman–Crippen LogP) is 2.71. The lowest BCUT2D eigenvalue weighted by molar-refractivity contribution is -0.149. The zero-order chi connectivity index (χ0) is 12.5. The van der Waals surface area contributed by atoms with E-state index in [9.17, 15) is 18.0 Å². The van der Waals surface area contributed by atoms with Crippen molar-refractivity contribution in [2.24, 2.45) is 5.73 Å². The van der Waals surface area contributed by atoms with Gasteiger partial charge in [-0.3, -0.25) is 0 Å². The van der Waals surface area contributed by atoms with Crippen LogP contribution in [0.15, 0.2) is 22.7 Å². The summed E-state index contributed by atoms with van der Waals surface area (Å²) in [6, 6.07) is 1.17. The van der Waals surface area contributed by atoms with E-state index in [1.54, 1.807) is 0 Å². The Kier molecular flexibility index (Phi) is 3.59. The van der Waals surface area contributed by atoms with Crippen LogP contribution in [0.2, 0.25) is 0 Å². The van der Waals surface area contributed by atoms with Crippen molar-refractivity contribution in [2.75, 3.05) is 0 Å². The SMILES string of the molecule is N[C@@H](c1cc(Br)ccc1C(=O)O)C(F)(F)F. The smallest absolute Gasteiger partial charge is 0.407 e. The highest BCUT2D eigenvalue weighted by Gasteiger charge is 2.39. The van der Waals surface area contributed by atoms with Crippen LogP contribution in [0, 0.1) is 0 Å². The second kappa shape index (κ2) is 4.42. The fraction of sp³-hybridized carbons (Fsp3) is 0.222. The maximum atomic E-state index is 12.4. The quantitative estimate of drug-likeness (QED) is 0.882. The molecule has 1 rings (SSSR count). The Morgan fingerprint density at radius 1 is 1.44 bits per heavy atom. The summed E-state index contributed by atoms with van der Waals surface area (Å²) >= 11 is 2.96. The number of carboxylic acid groups (broad SMARTS) is 1. The molecule has 0 fully saturated rings. The third kappa shape index (κ3) is 2.73. The molecule has 1 aromatic carbocycles. The molecule has 0 aliphatic heterocycles. The molecular weight excluding hydrogens is 291 g/mol. The maximum Gasteiger partial charge on any atom is 0.407 e. The standard InChI is InChI=1S/C9H7BrF3NO2/c10-4-1-2-5(8(15)16)6(3-4)7(14)9(11,12)13/h1-3,7H,14H2,(H,15,16)/t7-/m0/s1. The van der Waals surface area contributed by atoms with Crippen molar-refractivity contribution in [1.82, 2.24) is 0 Å². The molecule has 0 spiro atoms. The Balaban J connectivity index is 3.30. The summed E-state index contributed by atoms with van der Waals surface area (Å²) < 4.78 is 37.5. The maximum absolute atomic E-state index is 12.4. The first-order valence-electron chi connectivity index (χ1n) is 4.08. The van der Waals surface area contributed by atoms with Crippen molar-refractivity contribution in [3.63, 3.8) is 0 Å². The first-order chi connectivity index (χ1) is 7.23. The van der Waals surface area contributed by atoms with Crippen molar-refractivity contribution >= 4 is 21.9 Å². The van der Waals surface area contributed by atoms with Gasteiger partial charge in [0.05, 0.1) is 5.56 Å². The molecule has 0 unspecified atom stereocenters. The summed E-state index contributed by atoms with van der Waals surface area (Å²) in [7, 11) is 0. The molecule has 3 nitrogen and oxygen atoms in total. The molecule has 0 aliphatic rings. The second-order valence-corrected chi connectivity index (χ2v) is 3.97. The van der Waals surface area contributed by atoms with Gasteiger partial charge >= 0.3 is 12.1 Å². The Labute approximate surface area is 97.2 Å². The molecule has 7 heteroatoms. The van der Waals surface area contributed by atoms with Crippen LogP contribution in [0.4, 0.5) is 13.2 Å². The fourth-order valence-corrected chi connectivity index (χ4v) is 1.54. The summed E-state index contributed by atoms with van der Waals surface area (Å²) in [6.45, 7) is 0. The number of benzene rings is 1. The minimum atomic E-state index is -4.68. The van der Waals surface area contributed by atoms with Crippen LogP contribution in [0.3, 0.4) is 0 Å². The largest absolute Gasteiger partial charge is 0.478 e. The van der Waals surface area contributed by atoms with Crippen LogP contribution in [0.25, 0.3) is 0 Å². The summed E-state index contributed by atoms with van der Waals surface area (Å²) in [5.41, 5.74) is 4.06. The highest BCUT2D eigenvalue weighted by molar-refractivity contribution is 9.10. The predicted molar refractivity (Wildman–Crippen MR) is 54.1 cm³/mol. The monoisotopic (exact) mass is 297 g/mol. The normalized spacial score (nSPS) is 13.6. The van der Waals surface area contributed by atoms with Gasteiger partial charge < -0.3 is 10.8 Å². The molecule has 88 valence electrons. The van der Waals surface area contributed by atoms with Gasteiger partial charge in [-0.1, -0.05) is 15.9 Å². The third-order valence-electron chi connectivity index (χ3n) is 1.93. The molecule has 0 saturated carbocycles. The number of hydrogen-bond acceptors (Lipinski definition) is 2. The number of alkyl halides is 3. The first-order valence-corrected chi connectivity index (χ1v) is 4.88. The van der Waals surface area contributed by atoms with Crippen LogP contribution in [0.1, 0.15) is 22.0 Å². The van der Waals surface area contributed by atoms with E-state index in [1.165, 1.54) is 6.07 Å². The van der Waals surface area contributed by atoms with Gasteiger partial charge in [-0.25, -0.2) is 4.79 Å². The van der Waals surface area contributed by atoms with E-state index < -0.39 is 29.3 Å². The number of rotatable bonds is 2. The fourth-order valence-electron chi connectivity index (χ4n) is 1.16. The van der Waals surface area contributed by atoms with Crippen molar-refractivity contribution in [3.8, 4) is 0 Å². The molecule has 16 heavy (non-hydrogen) atoms.